The smallest absolute Gasteiger partial charge is 0.422 e. The second-order valence-corrected chi connectivity index (χ2v) is 6.63. The Morgan fingerprint density at radius 1 is 0.960 bits per heavy atom. The standard InChI is InChI=1S/C15H12F5NO3S/c16-12-2-1-3-13(17)14(12)25(22,23)21-8-10-4-6-11(7-5-10)24-9-15(18,19)20/h1-7,21H,8-9H2. The van der Waals surface area contributed by atoms with Crippen LogP contribution in [0.1, 0.15) is 5.56 Å². The molecule has 4 nitrogen and oxygen atoms in total. The van der Waals surface area contributed by atoms with Gasteiger partial charge in [0.05, 0.1) is 0 Å². The molecule has 0 radical (unpaired) electrons. The van der Waals surface area contributed by atoms with E-state index in [1.54, 1.807) is 0 Å². The van der Waals surface area contributed by atoms with Gasteiger partial charge in [0, 0.05) is 6.54 Å². The van der Waals surface area contributed by atoms with E-state index in [1.165, 1.54) is 24.3 Å². The van der Waals surface area contributed by atoms with Crippen molar-refractivity contribution in [3.63, 3.8) is 0 Å². The minimum absolute atomic E-state index is 0.0518. The molecule has 2 aromatic carbocycles. The Kier molecular flexibility index (Phi) is 5.63. The van der Waals surface area contributed by atoms with E-state index in [-0.39, 0.29) is 12.3 Å². The zero-order valence-electron chi connectivity index (χ0n) is 12.5. The second kappa shape index (κ2) is 7.36. The van der Waals surface area contributed by atoms with E-state index < -0.39 is 39.3 Å². The molecule has 0 aliphatic heterocycles. The van der Waals surface area contributed by atoms with Gasteiger partial charge in [-0.25, -0.2) is 21.9 Å². The third kappa shape index (κ3) is 5.40. The van der Waals surface area contributed by atoms with Crippen molar-refractivity contribution < 1.29 is 35.1 Å². The van der Waals surface area contributed by atoms with Gasteiger partial charge in [-0.15, -0.1) is 0 Å². The van der Waals surface area contributed by atoms with Gasteiger partial charge in [-0.3, -0.25) is 0 Å². The number of alkyl halides is 3. The summed E-state index contributed by atoms with van der Waals surface area (Å²) in [6, 6.07) is 7.74. The van der Waals surface area contributed by atoms with E-state index in [2.05, 4.69) is 4.74 Å². The van der Waals surface area contributed by atoms with E-state index in [4.69, 9.17) is 0 Å². The molecule has 0 aliphatic rings. The number of halogens is 5. The Hall–Kier alpha value is -2.20. The Balaban J connectivity index is 2.03. The summed E-state index contributed by atoms with van der Waals surface area (Å²) in [7, 11) is -4.44. The molecule has 2 aromatic rings. The zero-order valence-corrected chi connectivity index (χ0v) is 13.3. The molecule has 136 valence electrons. The fourth-order valence-electron chi connectivity index (χ4n) is 1.86. The second-order valence-electron chi connectivity index (χ2n) is 4.92. The van der Waals surface area contributed by atoms with Gasteiger partial charge in [-0.2, -0.15) is 13.2 Å². The third-order valence-electron chi connectivity index (χ3n) is 2.98. The SMILES string of the molecule is O=S(=O)(NCc1ccc(OCC(F)(F)F)cc1)c1c(F)cccc1F. The number of nitrogens with one attached hydrogen (secondary N) is 1. The predicted molar refractivity (Wildman–Crippen MR) is 78.4 cm³/mol. The van der Waals surface area contributed by atoms with Crippen LogP contribution in [0.2, 0.25) is 0 Å². The summed E-state index contributed by atoms with van der Waals surface area (Å²) >= 11 is 0. The molecular weight excluding hydrogens is 369 g/mol. The van der Waals surface area contributed by atoms with E-state index in [1.807, 2.05) is 4.72 Å². The maximum absolute atomic E-state index is 13.5. The van der Waals surface area contributed by atoms with Crippen molar-refractivity contribution in [2.75, 3.05) is 6.61 Å². The number of hydrogen-bond acceptors (Lipinski definition) is 3. The quantitative estimate of drug-likeness (QED) is 0.781. The van der Waals surface area contributed by atoms with Crippen LogP contribution in [0.4, 0.5) is 22.0 Å². The molecule has 2 rings (SSSR count). The summed E-state index contributed by atoms with van der Waals surface area (Å²) in [6.07, 6.45) is -4.47. The van der Waals surface area contributed by atoms with Crippen molar-refractivity contribution in [1.29, 1.82) is 0 Å². The highest BCUT2D eigenvalue weighted by Gasteiger charge is 2.28. The van der Waals surface area contributed by atoms with Gasteiger partial charge in [-0.05, 0) is 29.8 Å². The van der Waals surface area contributed by atoms with Crippen molar-refractivity contribution in [2.45, 2.75) is 17.6 Å². The highest BCUT2D eigenvalue weighted by atomic mass is 32.2. The van der Waals surface area contributed by atoms with Gasteiger partial charge in [0.25, 0.3) is 0 Å². The molecule has 0 saturated heterocycles. The maximum atomic E-state index is 13.5. The van der Waals surface area contributed by atoms with Crippen LogP contribution in [-0.4, -0.2) is 21.2 Å². The van der Waals surface area contributed by atoms with Crippen molar-refractivity contribution in [3.8, 4) is 5.75 Å². The van der Waals surface area contributed by atoms with Crippen LogP contribution < -0.4 is 9.46 Å². The first-order chi connectivity index (χ1) is 11.6. The number of benzene rings is 2. The van der Waals surface area contributed by atoms with Crippen molar-refractivity contribution >= 4 is 10.0 Å². The Morgan fingerprint density at radius 3 is 2.04 bits per heavy atom. The first-order valence-electron chi connectivity index (χ1n) is 6.81. The molecule has 0 saturated carbocycles. The van der Waals surface area contributed by atoms with Crippen LogP contribution in [0.25, 0.3) is 0 Å². The Labute approximate surface area is 140 Å². The normalized spacial score (nSPS) is 12.2. The van der Waals surface area contributed by atoms with E-state index in [0.29, 0.717) is 5.56 Å². The summed E-state index contributed by atoms with van der Waals surface area (Å²) in [4.78, 5) is -1.10. The Bertz CT molecular complexity index is 815. The molecular formula is C15H12F5NO3S. The molecule has 1 N–H and O–H groups in total. The molecule has 0 amide bonds. The first kappa shape index (κ1) is 19.1. The van der Waals surface area contributed by atoms with Gasteiger partial charge >= 0.3 is 6.18 Å². The fourth-order valence-corrected chi connectivity index (χ4v) is 3.01. The van der Waals surface area contributed by atoms with Gasteiger partial charge < -0.3 is 4.74 Å². The third-order valence-corrected chi connectivity index (χ3v) is 4.43. The average Bonchev–Trinajstić information content (AvgIpc) is 2.51. The lowest BCUT2D eigenvalue weighted by Crippen LogP contribution is -2.25. The van der Waals surface area contributed by atoms with Crippen LogP contribution >= 0.6 is 0 Å². The lowest BCUT2D eigenvalue weighted by molar-refractivity contribution is -0.153. The number of hydrogen-bond donors (Lipinski definition) is 1. The number of ether oxygens (including phenoxy) is 1. The molecule has 0 fully saturated rings. The highest BCUT2D eigenvalue weighted by Crippen LogP contribution is 2.20. The molecule has 0 heterocycles. The molecule has 0 aromatic heterocycles. The molecule has 0 bridgehead atoms. The molecule has 0 aliphatic carbocycles. The molecule has 0 spiro atoms. The monoisotopic (exact) mass is 381 g/mol. The van der Waals surface area contributed by atoms with Crippen molar-refractivity contribution in [2.24, 2.45) is 0 Å². The number of rotatable bonds is 6. The van der Waals surface area contributed by atoms with E-state index in [0.717, 1.165) is 18.2 Å². The van der Waals surface area contributed by atoms with Gasteiger partial charge in [0.15, 0.2) is 11.5 Å². The van der Waals surface area contributed by atoms with Crippen molar-refractivity contribution in [3.05, 3.63) is 59.7 Å². The van der Waals surface area contributed by atoms with E-state index in [9.17, 15) is 30.4 Å². The molecule has 10 heteroatoms. The molecule has 0 unspecified atom stereocenters. The van der Waals surface area contributed by atoms with E-state index >= 15 is 0 Å². The molecule has 25 heavy (non-hydrogen) atoms. The summed E-state index contributed by atoms with van der Waals surface area (Å²) in [5, 5.41) is 0. The average molecular weight is 381 g/mol. The number of sulfonamides is 1. The van der Waals surface area contributed by atoms with Crippen LogP contribution in [0, 0.1) is 11.6 Å². The van der Waals surface area contributed by atoms with Gasteiger partial charge in [0.1, 0.15) is 17.4 Å². The fraction of sp³-hybridized carbons (Fsp3) is 0.200. The van der Waals surface area contributed by atoms with Gasteiger partial charge in [-0.1, -0.05) is 18.2 Å². The van der Waals surface area contributed by atoms with Crippen LogP contribution in [0.3, 0.4) is 0 Å². The Morgan fingerprint density at radius 2 is 1.52 bits per heavy atom. The minimum Gasteiger partial charge on any atom is -0.484 e. The summed E-state index contributed by atoms with van der Waals surface area (Å²) in [6.45, 7) is -1.76. The predicted octanol–water partition coefficient (Wildman–Crippen LogP) is 3.38. The van der Waals surface area contributed by atoms with Gasteiger partial charge in [0.2, 0.25) is 10.0 Å². The van der Waals surface area contributed by atoms with Crippen LogP contribution in [0.15, 0.2) is 47.4 Å². The minimum atomic E-state index is -4.47. The largest absolute Gasteiger partial charge is 0.484 e. The topological polar surface area (TPSA) is 55.4 Å². The summed E-state index contributed by atoms with van der Waals surface area (Å²) in [5.41, 5.74) is 0.361. The van der Waals surface area contributed by atoms with Crippen LogP contribution in [0.5, 0.6) is 5.75 Å². The maximum Gasteiger partial charge on any atom is 0.422 e. The first-order valence-corrected chi connectivity index (χ1v) is 8.29. The zero-order chi connectivity index (χ0) is 18.7. The summed E-state index contributed by atoms with van der Waals surface area (Å²) < 4.78 is 93.7. The molecule has 0 atom stereocenters. The van der Waals surface area contributed by atoms with Crippen molar-refractivity contribution in [1.82, 2.24) is 4.72 Å². The lowest BCUT2D eigenvalue weighted by atomic mass is 10.2. The highest BCUT2D eigenvalue weighted by molar-refractivity contribution is 7.89. The lowest BCUT2D eigenvalue weighted by Gasteiger charge is -2.11. The van der Waals surface area contributed by atoms with Crippen LogP contribution in [-0.2, 0) is 16.6 Å². The summed E-state index contributed by atoms with van der Waals surface area (Å²) in [5.74, 6) is -2.52.